The summed E-state index contributed by atoms with van der Waals surface area (Å²) in [6, 6.07) is 6.58. The van der Waals surface area contributed by atoms with Crippen LogP contribution >= 0.6 is 11.8 Å². The molecule has 18 heavy (non-hydrogen) atoms. The molecule has 1 aromatic heterocycles. The van der Waals surface area contributed by atoms with E-state index in [9.17, 15) is 10.1 Å². The lowest BCUT2D eigenvalue weighted by molar-refractivity contribution is -0.384. The Morgan fingerprint density at radius 3 is 2.56 bits per heavy atom. The molecule has 0 atom stereocenters. The lowest BCUT2D eigenvalue weighted by atomic mass is 10.1. The number of nitrogens with zero attached hydrogens (tertiary/aromatic N) is 3. The van der Waals surface area contributed by atoms with Gasteiger partial charge in [0.25, 0.3) is 5.69 Å². The molecule has 0 aliphatic carbocycles. The maximum absolute atomic E-state index is 10.9. The highest BCUT2D eigenvalue weighted by Gasteiger charge is 2.14. The zero-order valence-corrected chi connectivity index (χ0v) is 10.6. The highest BCUT2D eigenvalue weighted by Crippen LogP contribution is 2.28. The number of hydrogen-bond acceptors (Lipinski definition) is 5. The predicted octanol–water partition coefficient (Wildman–Crippen LogP) is 3.16. The van der Waals surface area contributed by atoms with Gasteiger partial charge in [0.1, 0.15) is 0 Å². The third-order valence-corrected chi connectivity index (χ3v) is 3.07. The van der Waals surface area contributed by atoms with Crippen LogP contribution in [0.4, 0.5) is 5.69 Å². The fourth-order valence-corrected chi connectivity index (χ4v) is 2.05. The van der Waals surface area contributed by atoms with Gasteiger partial charge in [-0.15, -0.1) is 0 Å². The molecule has 92 valence electrons. The van der Waals surface area contributed by atoms with Crippen LogP contribution in [-0.2, 0) is 0 Å². The number of rotatable bonds is 4. The molecule has 0 unspecified atom stereocenters. The van der Waals surface area contributed by atoms with Crippen molar-refractivity contribution in [2.24, 2.45) is 0 Å². The Hall–Kier alpha value is -1.95. The minimum Gasteiger partial charge on any atom is -0.258 e. The molecule has 0 radical (unpaired) electrons. The minimum absolute atomic E-state index is 0.0667. The van der Waals surface area contributed by atoms with Crippen molar-refractivity contribution in [1.29, 1.82) is 0 Å². The summed E-state index contributed by atoms with van der Waals surface area (Å²) in [5.74, 6) is 0.894. The van der Waals surface area contributed by atoms with Gasteiger partial charge in [-0.05, 0) is 11.8 Å². The maximum Gasteiger partial charge on any atom is 0.277 e. The van der Waals surface area contributed by atoms with Crippen molar-refractivity contribution >= 4 is 17.4 Å². The van der Waals surface area contributed by atoms with Gasteiger partial charge in [0.15, 0.2) is 5.16 Å². The van der Waals surface area contributed by atoms with Crippen molar-refractivity contribution < 1.29 is 4.92 Å². The van der Waals surface area contributed by atoms with Crippen LogP contribution in [-0.4, -0.2) is 20.6 Å². The van der Waals surface area contributed by atoms with E-state index in [1.165, 1.54) is 17.8 Å². The monoisotopic (exact) mass is 261 g/mol. The van der Waals surface area contributed by atoms with Crippen LogP contribution in [0, 0.1) is 10.1 Å². The van der Waals surface area contributed by atoms with E-state index in [0.29, 0.717) is 16.3 Å². The average Bonchev–Trinajstić information content (AvgIpc) is 2.40. The molecule has 0 saturated heterocycles. The minimum atomic E-state index is -0.399. The first-order valence-electron chi connectivity index (χ1n) is 5.41. The summed E-state index contributed by atoms with van der Waals surface area (Å²) in [5, 5.41) is 11.6. The molecule has 0 saturated carbocycles. The van der Waals surface area contributed by atoms with E-state index in [4.69, 9.17) is 0 Å². The molecule has 1 aromatic carbocycles. The number of nitro benzene ring substituents is 1. The maximum atomic E-state index is 10.9. The van der Waals surface area contributed by atoms with Gasteiger partial charge in [0.05, 0.1) is 10.5 Å². The van der Waals surface area contributed by atoms with E-state index in [0.717, 1.165) is 5.75 Å². The third-order valence-electron chi connectivity index (χ3n) is 2.31. The zero-order chi connectivity index (χ0) is 13.0. The SMILES string of the molecule is CCSc1ncc(-c2ccccc2[N+](=O)[O-])cn1. The molecule has 6 heteroatoms. The topological polar surface area (TPSA) is 68.9 Å². The van der Waals surface area contributed by atoms with Gasteiger partial charge >= 0.3 is 0 Å². The van der Waals surface area contributed by atoms with Gasteiger partial charge in [-0.2, -0.15) is 0 Å². The Labute approximate surface area is 108 Å². The molecule has 0 aliphatic heterocycles. The summed E-state index contributed by atoms with van der Waals surface area (Å²) in [6.07, 6.45) is 3.24. The Morgan fingerprint density at radius 2 is 1.94 bits per heavy atom. The van der Waals surface area contributed by atoms with Crippen LogP contribution in [0.15, 0.2) is 41.8 Å². The van der Waals surface area contributed by atoms with Crippen LogP contribution in [0.1, 0.15) is 6.92 Å². The molecule has 1 heterocycles. The van der Waals surface area contributed by atoms with Gasteiger partial charge in [0, 0.05) is 24.0 Å². The molecular weight excluding hydrogens is 250 g/mol. The van der Waals surface area contributed by atoms with Gasteiger partial charge in [0.2, 0.25) is 0 Å². The predicted molar refractivity (Wildman–Crippen MR) is 70.5 cm³/mol. The Balaban J connectivity index is 2.39. The second kappa shape index (κ2) is 5.59. The highest BCUT2D eigenvalue weighted by atomic mass is 32.2. The molecule has 2 rings (SSSR count). The smallest absolute Gasteiger partial charge is 0.258 e. The molecule has 0 aliphatic rings. The van der Waals surface area contributed by atoms with Crippen LogP contribution in [0.2, 0.25) is 0 Å². The average molecular weight is 261 g/mol. The molecule has 0 amide bonds. The molecular formula is C12H11N3O2S. The fraction of sp³-hybridized carbons (Fsp3) is 0.167. The van der Waals surface area contributed by atoms with Crippen molar-refractivity contribution in [1.82, 2.24) is 9.97 Å². The Kier molecular flexibility index (Phi) is 3.88. The van der Waals surface area contributed by atoms with Crippen LogP contribution in [0.5, 0.6) is 0 Å². The van der Waals surface area contributed by atoms with Crippen LogP contribution in [0.3, 0.4) is 0 Å². The van der Waals surface area contributed by atoms with E-state index in [1.807, 2.05) is 6.92 Å². The van der Waals surface area contributed by atoms with E-state index in [2.05, 4.69) is 9.97 Å². The number of para-hydroxylation sites is 1. The lowest BCUT2D eigenvalue weighted by Gasteiger charge is -2.03. The van der Waals surface area contributed by atoms with Crippen molar-refractivity contribution in [3.63, 3.8) is 0 Å². The molecule has 0 bridgehead atoms. The van der Waals surface area contributed by atoms with Crippen molar-refractivity contribution in [2.45, 2.75) is 12.1 Å². The van der Waals surface area contributed by atoms with E-state index < -0.39 is 4.92 Å². The number of benzene rings is 1. The third kappa shape index (κ3) is 2.65. The lowest BCUT2D eigenvalue weighted by Crippen LogP contribution is -1.93. The summed E-state index contributed by atoms with van der Waals surface area (Å²) in [6.45, 7) is 2.02. The van der Waals surface area contributed by atoms with E-state index in [-0.39, 0.29) is 5.69 Å². The first-order chi connectivity index (χ1) is 8.72. The molecule has 5 nitrogen and oxygen atoms in total. The zero-order valence-electron chi connectivity index (χ0n) is 9.74. The second-order valence-electron chi connectivity index (χ2n) is 3.46. The van der Waals surface area contributed by atoms with Crippen molar-refractivity contribution in [3.8, 4) is 11.1 Å². The number of hydrogen-bond donors (Lipinski definition) is 0. The summed E-state index contributed by atoms with van der Waals surface area (Å²) in [4.78, 5) is 18.9. The van der Waals surface area contributed by atoms with E-state index in [1.54, 1.807) is 30.6 Å². The summed E-state index contributed by atoms with van der Waals surface area (Å²) < 4.78 is 0. The first kappa shape index (κ1) is 12.5. The van der Waals surface area contributed by atoms with Gasteiger partial charge < -0.3 is 0 Å². The number of nitro groups is 1. The molecule has 0 fully saturated rings. The Morgan fingerprint density at radius 1 is 1.28 bits per heavy atom. The summed E-state index contributed by atoms with van der Waals surface area (Å²) in [7, 11) is 0. The summed E-state index contributed by atoms with van der Waals surface area (Å²) in [5.41, 5.74) is 1.26. The molecule has 0 N–H and O–H groups in total. The first-order valence-corrected chi connectivity index (χ1v) is 6.39. The van der Waals surface area contributed by atoms with Crippen molar-refractivity contribution in [3.05, 3.63) is 46.8 Å². The van der Waals surface area contributed by atoms with Crippen LogP contribution in [0.25, 0.3) is 11.1 Å². The molecule has 0 spiro atoms. The van der Waals surface area contributed by atoms with Crippen LogP contribution < -0.4 is 0 Å². The standard InChI is InChI=1S/C12H11N3O2S/c1-2-18-12-13-7-9(8-14-12)10-5-3-4-6-11(10)15(16)17/h3-8H,2H2,1H3. The normalized spacial score (nSPS) is 10.3. The second-order valence-corrected chi connectivity index (χ2v) is 4.69. The highest BCUT2D eigenvalue weighted by molar-refractivity contribution is 7.99. The van der Waals surface area contributed by atoms with Gasteiger partial charge in [-0.1, -0.05) is 30.8 Å². The van der Waals surface area contributed by atoms with E-state index >= 15 is 0 Å². The number of aromatic nitrogens is 2. The van der Waals surface area contributed by atoms with Gasteiger partial charge in [-0.3, -0.25) is 10.1 Å². The molecule has 2 aromatic rings. The largest absolute Gasteiger partial charge is 0.277 e. The Bertz CT molecular complexity index is 558. The van der Waals surface area contributed by atoms with Crippen molar-refractivity contribution in [2.75, 3.05) is 5.75 Å². The quantitative estimate of drug-likeness (QED) is 0.366. The summed E-state index contributed by atoms with van der Waals surface area (Å²) >= 11 is 1.53. The van der Waals surface area contributed by atoms with Gasteiger partial charge in [-0.25, -0.2) is 9.97 Å². The number of thioether (sulfide) groups is 1. The fourth-order valence-electron chi connectivity index (χ4n) is 1.54.